The Bertz CT molecular complexity index is 373. The molecule has 0 aliphatic carbocycles. The zero-order chi connectivity index (χ0) is 14.8. The summed E-state index contributed by atoms with van der Waals surface area (Å²) >= 11 is 0. The second-order valence-electron chi connectivity index (χ2n) is 4.39. The maximum absolute atomic E-state index is 11.7. The molecule has 0 aromatic rings. The molecule has 0 aromatic carbocycles. The van der Waals surface area contributed by atoms with E-state index in [0.29, 0.717) is 6.54 Å². The van der Waals surface area contributed by atoms with Gasteiger partial charge < -0.3 is 10.0 Å². The molecule has 0 aliphatic heterocycles. The molecule has 1 unspecified atom stereocenters. The first-order chi connectivity index (χ1) is 8.90. The summed E-state index contributed by atoms with van der Waals surface area (Å²) in [4.78, 5) is 35.1. The van der Waals surface area contributed by atoms with E-state index < -0.39 is 17.9 Å². The third-order valence-corrected chi connectivity index (χ3v) is 2.37. The Hall–Kier alpha value is -2.03. The summed E-state index contributed by atoms with van der Waals surface area (Å²) < 4.78 is 0. The number of hydrogen-bond donors (Lipinski definition) is 2. The normalized spacial score (nSPS) is 11.2. The second kappa shape index (κ2) is 8.97. The maximum atomic E-state index is 11.7. The molecule has 2 N–H and O–H groups in total. The molecule has 0 spiro atoms. The van der Waals surface area contributed by atoms with Crippen LogP contribution in [0.3, 0.4) is 0 Å². The Morgan fingerprint density at radius 3 is 2.47 bits per heavy atom. The zero-order valence-electron chi connectivity index (χ0n) is 11.3. The number of terminal acetylenes is 1. The summed E-state index contributed by atoms with van der Waals surface area (Å²) in [6, 6.07) is -0.535. The van der Waals surface area contributed by atoms with Gasteiger partial charge in [0.1, 0.15) is 0 Å². The minimum atomic E-state index is -0.966. The van der Waals surface area contributed by atoms with Crippen molar-refractivity contribution in [3.05, 3.63) is 0 Å². The molecule has 6 heteroatoms. The van der Waals surface area contributed by atoms with Crippen molar-refractivity contribution < 1.29 is 19.5 Å². The summed E-state index contributed by atoms with van der Waals surface area (Å²) in [6.45, 7) is 4.14. The number of urea groups is 1. The molecule has 0 aromatic heterocycles. The molecule has 1 atom stereocenters. The van der Waals surface area contributed by atoms with E-state index in [4.69, 9.17) is 11.5 Å². The molecule has 0 fully saturated rings. The van der Waals surface area contributed by atoms with Crippen molar-refractivity contribution in [3.8, 4) is 12.3 Å². The molecular formula is C13H20N2O4. The predicted molar refractivity (Wildman–Crippen MR) is 70.3 cm³/mol. The van der Waals surface area contributed by atoms with E-state index in [1.807, 2.05) is 6.92 Å². The van der Waals surface area contributed by atoms with Crippen LogP contribution >= 0.6 is 0 Å². The van der Waals surface area contributed by atoms with Crippen molar-refractivity contribution in [2.75, 3.05) is 13.1 Å². The number of nitrogens with zero attached hydrogens (tertiary/aromatic N) is 1. The van der Waals surface area contributed by atoms with Crippen LogP contribution in [0.2, 0.25) is 0 Å². The fourth-order valence-electron chi connectivity index (χ4n) is 1.57. The highest BCUT2D eigenvalue weighted by Gasteiger charge is 2.17. The predicted octanol–water partition coefficient (Wildman–Crippen LogP) is 1.07. The topological polar surface area (TPSA) is 86.7 Å². The number of rotatable bonds is 7. The summed E-state index contributed by atoms with van der Waals surface area (Å²) in [6.07, 6.45) is 5.76. The van der Waals surface area contributed by atoms with Crippen molar-refractivity contribution >= 4 is 17.9 Å². The molecule has 0 saturated heterocycles. The molecule has 0 saturated carbocycles. The number of carbonyl (C=O) groups is 3. The van der Waals surface area contributed by atoms with Crippen molar-refractivity contribution in [1.29, 1.82) is 0 Å². The van der Waals surface area contributed by atoms with Gasteiger partial charge in [0.05, 0.1) is 6.54 Å². The quantitative estimate of drug-likeness (QED) is 0.676. The number of imide groups is 1. The van der Waals surface area contributed by atoms with Gasteiger partial charge in [0, 0.05) is 19.4 Å². The highest BCUT2D eigenvalue weighted by Crippen LogP contribution is 2.07. The number of amides is 3. The van der Waals surface area contributed by atoms with Crippen LogP contribution in [0.15, 0.2) is 0 Å². The standard InChI is InChI=1S/C13H20N2O4/c1-4-6-15(7-5-2)13(19)14-11(16)8-10(3)9-12(17)18/h1,10H,5-9H2,2-3H3,(H,17,18)(H,14,16,19). The van der Waals surface area contributed by atoms with Gasteiger partial charge in [-0.2, -0.15) is 0 Å². The average molecular weight is 268 g/mol. The first kappa shape index (κ1) is 17.0. The summed E-state index contributed by atoms with van der Waals surface area (Å²) in [7, 11) is 0. The first-order valence-corrected chi connectivity index (χ1v) is 6.14. The van der Waals surface area contributed by atoms with Gasteiger partial charge >= 0.3 is 12.0 Å². The molecular weight excluding hydrogens is 248 g/mol. The number of carbonyl (C=O) groups excluding carboxylic acids is 2. The summed E-state index contributed by atoms with van der Waals surface area (Å²) in [5.74, 6) is 0.573. The van der Waals surface area contributed by atoms with Crippen LogP contribution in [0.1, 0.15) is 33.1 Å². The van der Waals surface area contributed by atoms with E-state index >= 15 is 0 Å². The minimum absolute atomic E-state index is 0.00589. The van der Waals surface area contributed by atoms with Crippen LogP contribution in [0, 0.1) is 18.3 Å². The molecule has 106 valence electrons. The van der Waals surface area contributed by atoms with Crippen LogP contribution in [0.4, 0.5) is 4.79 Å². The van der Waals surface area contributed by atoms with E-state index in [1.165, 1.54) is 4.90 Å². The largest absolute Gasteiger partial charge is 0.481 e. The number of hydrogen-bond acceptors (Lipinski definition) is 3. The number of aliphatic carboxylic acids is 1. The summed E-state index contributed by atoms with van der Waals surface area (Å²) in [5, 5.41) is 10.8. The molecule has 6 nitrogen and oxygen atoms in total. The van der Waals surface area contributed by atoms with Gasteiger partial charge in [0.2, 0.25) is 5.91 Å². The van der Waals surface area contributed by atoms with Gasteiger partial charge in [0.25, 0.3) is 0 Å². The van der Waals surface area contributed by atoms with E-state index in [1.54, 1.807) is 6.92 Å². The molecule has 3 amide bonds. The highest BCUT2D eigenvalue weighted by molar-refractivity contribution is 5.94. The van der Waals surface area contributed by atoms with Crippen LogP contribution in [-0.2, 0) is 9.59 Å². The van der Waals surface area contributed by atoms with Gasteiger partial charge in [-0.1, -0.05) is 19.8 Å². The molecule has 0 radical (unpaired) electrons. The van der Waals surface area contributed by atoms with Crippen LogP contribution in [0.5, 0.6) is 0 Å². The SMILES string of the molecule is C#CCN(CCC)C(=O)NC(=O)CC(C)CC(=O)O. The number of carboxylic acid groups (broad SMARTS) is 1. The van der Waals surface area contributed by atoms with E-state index in [-0.39, 0.29) is 25.3 Å². The van der Waals surface area contributed by atoms with Crippen molar-refractivity contribution in [2.24, 2.45) is 5.92 Å². The second-order valence-corrected chi connectivity index (χ2v) is 4.39. The average Bonchev–Trinajstić information content (AvgIpc) is 2.26. The van der Waals surface area contributed by atoms with E-state index in [9.17, 15) is 14.4 Å². The van der Waals surface area contributed by atoms with Gasteiger partial charge in [-0.3, -0.25) is 14.9 Å². The lowest BCUT2D eigenvalue weighted by molar-refractivity contribution is -0.138. The van der Waals surface area contributed by atoms with Gasteiger partial charge in [-0.05, 0) is 12.3 Å². The van der Waals surface area contributed by atoms with Gasteiger partial charge in [-0.25, -0.2) is 4.79 Å². The molecule has 19 heavy (non-hydrogen) atoms. The third-order valence-electron chi connectivity index (χ3n) is 2.37. The van der Waals surface area contributed by atoms with E-state index in [2.05, 4.69) is 11.2 Å². The zero-order valence-corrected chi connectivity index (χ0v) is 11.3. The Labute approximate surface area is 113 Å². The van der Waals surface area contributed by atoms with Crippen LogP contribution in [0.25, 0.3) is 0 Å². The lowest BCUT2D eigenvalue weighted by Crippen LogP contribution is -2.43. The van der Waals surface area contributed by atoms with Gasteiger partial charge in [0.15, 0.2) is 0 Å². The van der Waals surface area contributed by atoms with Crippen molar-refractivity contribution in [1.82, 2.24) is 10.2 Å². The molecule has 0 heterocycles. The lowest BCUT2D eigenvalue weighted by Gasteiger charge is -2.19. The van der Waals surface area contributed by atoms with Crippen molar-refractivity contribution in [2.45, 2.75) is 33.1 Å². The fraction of sp³-hybridized carbons (Fsp3) is 0.615. The smallest absolute Gasteiger partial charge is 0.324 e. The molecule has 0 aliphatic rings. The van der Waals surface area contributed by atoms with Crippen LogP contribution in [-0.4, -0.2) is 41.0 Å². The first-order valence-electron chi connectivity index (χ1n) is 6.14. The molecule has 0 rings (SSSR count). The fourth-order valence-corrected chi connectivity index (χ4v) is 1.57. The van der Waals surface area contributed by atoms with Crippen molar-refractivity contribution in [3.63, 3.8) is 0 Å². The number of carboxylic acids is 1. The van der Waals surface area contributed by atoms with Crippen LogP contribution < -0.4 is 5.32 Å². The minimum Gasteiger partial charge on any atom is -0.481 e. The van der Waals surface area contributed by atoms with E-state index in [0.717, 1.165) is 6.42 Å². The number of nitrogens with one attached hydrogen (secondary N) is 1. The Kier molecular flexibility index (Phi) is 8.02. The maximum Gasteiger partial charge on any atom is 0.324 e. The molecule has 0 bridgehead atoms. The third kappa shape index (κ3) is 7.82. The highest BCUT2D eigenvalue weighted by atomic mass is 16.4. The Balaban J connectivity index is 4.26. The summed E-state index contributed by atoms with van der Waals surface area (Å²) in [5.41, 5.74) is 0. The monoisotopic (exact) mass is 268 g/mol. The lowest BCUT2D eigenvalue weighted by atomic mass is 10.0. The van der Waals surface area contributed by atoms with Gasteiger partial charge in [-0.15, -0.1) is 6.42 Å². The Morgan fingerprint density at radius 1 is 1.37 bits per heavy atom. The Morgan fingerprint density at radius 2 is 2.00 bits per heavy atom.